The van der Waals surface area contributed by atoms with E-state index in [0.717, 1.165) is 30.4 Å². The van der Waals surface area contributed by atoms with Gasteiger partial charge in [-0.15, -0.1) is 0 Å². The topological polar surface area (TPSA) is 88.3 Å². The molecule has 0 spiro atoms. The number of amides is 2. The molecule has 144 valence electrons. The van der Waals surface area contributed by atoms with Gasteiger partial charge in [0.05, 0.1) is 11.3 Å². The Bertz CT molecular complexity index is 860. The number of benzene rings is 1. The molecule has 0 radical (unpaired) electrons. The van der Waals surface area contributed by atoms with Gasteiger partial charge in [0, 0.05) is 19.6 Å². The van der Waals surface area contributed by atoms with E-state index in [4.69, 9.17) is 5.73 Å². The highest BCUT2D eigenvalue weighted by Gasteiger charge is 2.33. The average molecular weight is 398 g/mol. The van der Waals surface area contributed by atoms with Crippen LogP contribution in [0.5, 0.6) is 0 Å². The number of nitrogens with zero attached hydrogens (tertiary/aromatic N) is 2. The van der Waals surface area contributed by atoms with Crippen LogP contribution in [-0.4, -0.2) is 34.2 Å². The Kier molecular flexibility index (Phi) is 5.36. The summed E-state index contributed by atoms with van der Waals surface area (Å²) in [5, 5.41) is 2.42. The molecule has 0 bridgehead atoms. The molecule has 6 nitrogen and oxygen atoms in total. The van der Waals surface area contributed by atoms with Crippen LogP contribution < -0.4 is 11.1 Å². The first-order valence-corrected chi connectivity index (χ1v) is 9.04. The summed E-state index contributed by atoms with van der Waals surface area (Å²) in [6.07, 6.45) is -2.70. The van der Waals surface area contributed by atoms with E-state index in [1.165, 1.54) is 18.2 Å². The van der Waals surface area contributed by atoms with E-state index in [0.29, 0.717) is 13.1 Å². The number of aromatic nitrogens is 1. The summed E-state index contributed by atoms with van der Waals surface area (Å²) < 4.78 is 43.0. The summed E-state index contributed by atoms with van der Waals surface area (Å²) in [6, 6.07) is 4.99. The first kappa shape index (κ1) is 19.2. The van der Waals surface area contributed by atoms with E-state index >= 15 is 0 Å². The Morgan fingerprint density at radius 2 is 1.89 bits per heavy atom. The van der Waals surface area contributed by atoms with Crippen molar-refractivity contribution in [3.8, 4) is 0 Å². The third-order valence-corrected chi connectivity index (χ3v) is 5.15. The van der Waals surface area contributed by atoms with Gasteiger partial charge in [-0.2, -0.15) is 17.5 Å². The standard InChI is InChI=1S/C17H17F3N4O2S/c18-17(19,20)11-6-2-1-5-10(11)9-22-15(25)14-12(21)13(23-27-14)16(26)24-7-3-4-8-24/h1-2,5-6H,3-4,7-9,21H2,(H,22,25). The van der Waals surface area contributed by atoms with Crippen LogP contribution in [0.15, 0.2) is 24.3 Å². The Morgan fingerprint density at radius 1 is 1.22 bits per heavy atom. The Morgan fingerprint density at radius 3 is 2.56 bits per heavy atom. The molecule has 1 saturated heterocycles. The van der Waals surface area contributed by atoms with Crippen molar-refractivity contribution in [2.24, 2.45) is 0 Å². The van der Waals surface area contributed by atoms with Crippen molar-refractivity contribution in [3.63, 3.8) is 0 Å². The molecule has 1 aromatic heterocycles. The zero-order valence-corrected chi connectivity index (χ0v) is 15.0. The van der Waals surface area contributed by atoms with Crippen LogP contribution >= 0.6 is 11.5 Å². The SMILES string of the molecule is Nc1c(C(=O)N2CCCC2)nsc1C(=O)NCc1ccccc1C(F)(F)F. The third-order valence-electron chi connectivity index (χ3n) is 4.29. The van der Waals surface area contributed by atoms with Crippen molar-refractivity contribution in [3.05, 3.63) is 46.0 Å². The zero-order chi connectivity index (χ0) is 19.6. The van der Waals surface area contributed by atoms with Gasteiger partial charge in [-0.05, 0) is 36.0 Å². The lowest BCUT2D eigenvalue weighted by atomic mass is 10.1. The molecule has 1 fully saturated rings. The lowest BCUT2D eigenvalue weighted by Gasteiger charge is -2.14. The number of hydrogen-bond acceptors (Lipinski definition) is 5. The highest BCUT2D eigenvalue weighted by molar-refractivity contribution is 7.09. The van der Waals surface area contributed by atoms with Gasteiger partial charge in [-0.1, -0.05) is 18.2 Å². The minimum Gasteiger partial charge on any atom is -0.395 e. The number of likely N-dealkylation sites (tertiary alicyclic amines) is 1. The molecule has 1 aliphatic rings. The average Bonchev–Trinajstić information content (AvgIpc) is 3.28. The second-order valence-corrected chi connectivity index (χ2v) is 6.88. The predicted octanol–water partition coefficient (Wildman–Crippen LogP) is 2.91. The van der Waals surface area contributed by atoms with Crippen molar-refractivity contribution in [2.75, 3.05) is 18.8 Å². The van der Waals surface area contributed by atoms with Gasteiger partial charge >= 0.3 is 6.18 Å². The number of nitrogens with two attached hydrogens (primary N) is 1. The number of anilines is 1. The fourth-order valence-corrected chi connectivity index (χ4v) is 3.60. The molecule has 0 atom stereocenters. The van der Waals surface area contributed by atoms with Crippen LogP contribution in [0.4, 0.5) is 18.9 Å². The molecule has 3 N–H and O–H groups in total. The molecule has 0 unspecified atom stereocenters. The minimum absolute atomic E-state index is 0.0158. The van der Waals surface area contributed by atoms with Gasteiger partial charge in [0.2, 0.25) is 0 Å². The molecule has 3 rings (SSSR count). The maximum absolute atomic E-state index is 13.0. The largest absolute Gasteiger partial charge is 0.416 e. The molecule has 2 amide bonds. The monoisotopic (exact) mass is 398 g/mol. The van der Waals surface area contributed by atoms with Gasteiger partial charge in [-0.3, -0.25) is 9.59 Å². The second kappa shape index (κ2) is 7.55. The van der Waals surface area contributed by atoms with Crippen molar-refractivity contribution in [2.45, 2.75) is 25.6 Å². The summed E-state index contributed by atoms with van der Waals surface area (Å²) in [5.41, 5.74) is 5.00. The summed E-state index contributed by atoms with van der Waals surface area (Å²) in [5.74, 6) is -0.995. The molecule has 1 aliphatic heterocycles. The highest BCUT2D eigenvalue weighted by Crippen LogP contribution is 2.32. The van der Waals surface area contributed by atoms with Gasteiger partial charge in [0.1, 0.15) is 4.88 Å². The first-order chi connectivity index (χ1) is 12.8. The summed E-state index contributed by atoms with van der Waals surface area (Å²) >= 11 is 0.760. The number of rotatable bonds is 4. The van der Waals surface area contributed by atoms with Gasteiger partial charge in [0.25, 0.3) is 11.8 Å². The van der Waals surface area contributed by atoms with Crippen molar-refractivity contribution < 1.29 is 22.8 Å². The summed E-state index contributed by atoms with van der Waals surface area (Å²) in [6.45, 7) is 0.915. The van der Waals surface area contributed by atoms with E-state index in [9.17, 15) is 22.8 Å². The molecular formula is C17H17F3N4O2S. The number of alkyl halides is 3. The molecule has 10 heteroatoms. The normalized spacial score (nSPS) is 14.4. The molecule has 27 heavy (non-hydrogen) atoms. The van der Waals surface area contributed by atoms with Crippen LogP contribution in [0.2, 0.25) is 0 Å². The smallest absolute Gasteiger partial charge is 0.395 e. The van der Waals surface area contributed by atoms with Crippen LogP contribution in [0, 0.1) is 0 Å². The maximum atomic E-state index is 13.0. The molecule has 1 aromatic carbocycles. The quantitative estimate of drug-likeness (QED) is 0.829. The summed E-state index contributed by atoms with van der Waals surface area (Å²) in [4.78, 5) is 26.3. The maximum Gasteiger partial charge on any atom is 0.416 e. The number of nitrogen functional groups attached to an aromatic ring is 1. The van der Waals surface area contributed by atoms with Gasteiger partial charge < -0.3 is 16.0 Å². The fraction of sp³-hybridized carbons (Fsp3) is 0.353. The van der Waals surface area contributed by atoms with E-state index in [2.05, 4.69) is 9.69 Å². The van der Waals surface area contributed by atoms with E-state index < -0.39 is 17.6 Å². The van der Waals surface area contributed by atoms with Crippen molar-refractivity contribution >= 4 is 29.0 Å². The molecule has 0 aliphatic carbocycles. The first-order valence-electron chi connectivity index (χ1n) is 8.26. The number of hydrogen-bond donors (Lipinski definition) is 2. The Labute approximate surface area is 157 Å². The Hall–Kier alpha value is -2.62. The van der Waals surface area contributed by atoms with E-state index in [1.54, 1.807) is 4.90 Å². The third kappa shape index (κ3) is 4.05. The zero-order valence-electron chi connectivity index (χ0n) is 14.2. The van der Waals surface area contributed by atoms with Crippen LogP contribution in [0.3, 0.4) is 0 Å². The lowest BCUT2D eigenvalue weighted by Crippen LogP contribution is -2.29. The lowest BCUT2D eigenvalue weighted by molar-refractivity contribution is -0.138. The van der Waals surface area contributed by atoms with Crippen molar-refractivity contribution in [1.82, 2.24) is 14.6 Å². The number of nitrogens with one attached hydrogen (secondary N) is 1. The number of halogens is 3. The van der Waals surface area contributed by atoms with Crippen LogP contribution in [0.25, 0.3) is 0 Å². The molecular weight excluding hydrogens is 381 g/mol. The molecule has 2 aromatic rings. The predicted molar refractivity (Wildman–Crippen MR) is 94.3 cm³/mol. The summed E-state index contributed by atoms with van der Waals surface area (Å²) in [7, 11) is 0. The van der Waals surface area contributed by atoms with Gasteiger partial charge in [-0.25, -0.2) is 0 Å². The molecule has 2 heterocycles. The van der Waals surface area contributed by atoms with Gasteiger partial charge in [0.15, 0.2) is 5.69 Å². The fourth-order valence-electron chi connectivity index (χ4n) is 2.89. The highest BCUT2D eigenvalue weighted by atomic mass is 32.1. The van der Waals surface area contributed by atoms with Crippen molar-refractivity contribution in [1.29, 1.82) is 0 Å². The van der Waals surface area contributed by atoms with E-state index in [-0.39, 0.29) is 34.3 Å². The second-order valence-electron chi connectivity index (χ2n) is 6.11. The number of carbonyl (C=O) groups is 2. The van der Waals surface area contributed by atoms with Crippen LogP contribution in [0.1, 0.15) is 44.1 Å². The van der Waals surface area contributed by atoms with Crippen LogP contribution in [-0.2, 0) is 12.7 Å². The number of carbonyl (C=O) groups excluding carboxylic acids is 2. The Balaban J connectivity index is 1.72. The molecule has 0 saturated carbocycles. The van der Waals surface area contributed by atoms with E-state index in [1.807, 2.05) is 0 Å². The minimum atomic E-state index is -4.51.